The molecule has 0 aliphatic heterocycles. The van der Waals surface area contributed by atoms with Gasteiger partial charge in [-0.25, -0.2) is 4.98 Å². The Kier molecular flexibility index (Phi) is 10.2. The SMILES string of the molecule is [2H]C([2H])([2H])c1cc(-c2c(C([2H])(C)C)cccc2C([2H])(C)C)ccc1-n1c(-c2cc(C(C)(C)C)cc(C(C)(C)C)c2O)nc2c(-c3cc(-c4cc(-c5ccccc5)ccn4)cc(C(C)(C)C)c3)cccc21. The Bertz CT molecular complexity index is 3240. The van der Waals surface area contributed by atoms with E-state index >= 15 is 0 Å². The molecular weight excluding hydrogens is 791 g/mol. The van der Waals surface area contributed by atoms with Gasteiger partial charge in [-0.05, 0) is 139 Å². The topological polar surface area (TPSA) is 50.9 Å². The van der Waals surface area contributed by atoms with Crippen molar-refractivity contribution >= 4 is 11.0 Å². The van der Waals surface area contributed by atoms with Gasteiger partial charge >= 0.3 is 0 Å². The maximum atomic E-state index is 12.6. The molecule has 332 valence electrons. The average Bonchev–Trinajstić information content (AvgIpc) is 3.66. The molecule has 0 atom stereocenters. The van der Waals surface area contributed by atoms with E-state index in [-0.39, 0.29) is 22.1 Å². The summed E-state index contributed by atoms with van der Waals surface area (Å²) in [4.78, 5) is 10.4. The molecule has 6 aromatic carbocycles. The Balaban J connectivity index is 1.48. The number of rotatable bonds is 8. The third-order valence-electron chi connectivity index (χ3n) is 12.7. The van der Waals surface area contributed by atoms with Crippen molar-refractivity contribution in [3.8, 4) is 67.5 Å². The molecular formula is C61H67N3O. The lowest BCUT2D eigenvalue weighted by Crippen LogP contribution is -2.17. The molecule has 2 aromatic heterocycles. The van der Waals surface area contributed by atoms with E-state index < -0.39 is 24.1 Å². The van der Waals surface area contributed by atoms with Crippen molar-refractivity contribution in [1.29, 1.82) is 0 Å². The summed E-state index contributed by atoms with van der Waals surface area (Å²) < 4.78 is 47.9. The molecule has 0 bridgehead atoms. The summed E-state index contributed by atoms with van der Waals surface area (Å²) in [5.41, 5.74) is 12.5. The van der Waals surface area contributed by atoms with Gasteiger partial charge in [-0.2, -0.15) is 0 Å². The summed E-state index contributed by atoms with van der Waals surface area (Å²) in [5, 5.41) is 12.6. The van der Waals surface area contributed by atoms with Crippen molar-refractivity contribution in [1.82, 2.24) is 14.5 Å². The second-order valence-corrected chi connectivity index (χ2v) is 21.2. The minimum Gasteiger partial charge on any atom is -0.507 e. The molecule has 8 rings (SSSR count). The number of phenols is 1. The van der Waals surface area contributed by atoms with Crippen LogP contribution in [-0.4, -0.2) is 19.6 Å². The maximum Gasteiger partial charge on any atom is 0.149 e. The lowest BCUT2D eigenvalue weighted by Gasteiger charge is -2.27. The molecule has 0 radical (unpaired) electrons. The fourth-order valence-electron chi connectivity index (χ4n) is 8.91. The number of para-hydroxylation sites is 1. The molecule has 0 saturated heterocycles. The number of hydrogen-bond acceptors (Lipinski definition) is 3. The number of aryl methyl sites for hydroxylation is 1. The van der Waals surface area contributed by atoms with Gasteiger partial charge in [0.15, 0.2) is 0 Å². The van der Waals surface area contributed by atoms with Gasteiger partial charge in [0.1, 0.15) is 11.6 Å². The first-order valence-electron chi connectivity index (χ1n) is 25.3. The van der Waals surface area contributed by atoms with E-state index in [0.717, 1.165) is 50.2 Å². The van der Waals surface area contributed by atoms with Crippen LogP contribution in [-0.2, 0) is 16.2 Å². The fourth-order valence-corrected chi connectivity index (χ4v) is 8.91. The first kappa shape index (κ1) is 39.1. The Morgan fingerprint density at radius 2 is 1.22 bits per heavy atom. The van der Waals surface area contributed by atoms with Crippen LogP contribution in [0.25, 0.3) is 72.7 Å². The molecule has 0 aliphatic rings. The van der Waals surface area contributed by atoms with Crippen molar-refractivity contribution in [2.75, 3.05) is 0 Å². The molecule has 0 unspecified atom stereocenters. The van der Waals surface area contributed by atoms with E-state index in [1.807, 2.05) is 111 Å². The second-order valence-electron chi connectivity index (χ2n) is 21.2. The normalized spacial score (nSPS) is 14.1. The lowest BCUT2D eigenvalue weighted by atomic mass is 9.79. The summed E-state index contributed by atoms with van der Waals surface area (Å²) in [7, 11) is 0. The standard InChI is InChI=1S/C61H67N3O/c1-37(2)47-22-18-23-48(38(3)4)55(47)42-26-27-53(39(5)30-42)64-54-25-19-24-49(56(54)63-58(64)50-35-46(60(9,10)11)36-51(57(50)65)61(12,13)14)43-31-44(33-45(32-43)59(6,7)8)52-34-41(28-29-62-52)40-20-16-15-17-21-40/h15-38,65H,1-14H3/i5D3,37D,38D. The summed E-state index contributed by atoms with van der Waals surface area (Å²) in [5.74, 6) is -1.61. The van der Waals surface area contributed by atoms with Crippen LogP contribution in [0.1, 0.15) is 142 Å². The van der Waals surface area contributed by atoms with E-state index in [9.17, 15) is 12.0 Å². The van der Waals surface area contributed by atoms with Gasteiger partial charge < -0.3 is 5.11 Å². The molecule has 0 saturated carbocycles. The largest absolute Gasteiger partial charge is 0.507 e. The fraction of sp³-hybridized carbons (Fsp3) is 0.311. The van der Waals surface area contributed by atoms with Crippen LogP contribution >= 0.6 is 0 Å². The predicted molar refractivity (Wildman–Crippen MR) is 277 cm³/mol. The Labute approximate surface area is 395 Å². The minimum absolute atomic E-state index is 0.0752. The summed E-state index contributed by atoms with van der Waals surface area (Å²) in [6.45, 7) is 23.9. The number of phenolic OH excluding ortho intramolecular Hbond substituents is 1. The van der Waals surface area contributed by atoms with Gasteiger partial charge in [-0.15, -0.1) is 0 Å². The van der Waals surface area contributed by atoms with Crippen molar-refractivity contribution in [2.45, 2.75) is 125 Å². The molecule has 65 heavy (non-hydrogen) atoms. The Morgan fingerprint density at radius 3 is 1.85 bits per heavy atom. The molecule has 0 spiro atoms. The van der Waals surface area contributed by atoms with E-state index in [0.29, 0.717) is 50.4 Å². The highest BCUT2D eigenvalue weighted by atomic mass is 16.3. The number of imidazole rings is 1. The van der Waals surface area contributed by atoms with E-state index in [1.54, 1.807) is 6.07 Å². The van der Waals surface area contributed by atoms with Crippen molar-refractivity contribution in [2.24, 2.45) is 0 Å². The van der Waals surface area contributed by atoms with Crippen LogP contribution < -0.4 is 0 Å². The molecule has 1 N–H and O–H groups in total. The highest BCUT2D eigenvalue weighted by Gasteiger charge is 2.29. The lowest BCUT2D eigenvalue weighted by molar-refractivity contribution is 0.446. The molecule has 4 nitrogen and oxygen atoms in total. The highest BCUT2D eigenvalue weighted by molar-refractivity contribution is 5.97. The number of benzene rings is 6. The molecule has 0 amide bonds. The minimum atomic E-state index is -2.62. The maximum absolute atomic E-state index is 12.6. The molecule has 4 heteroatoms. The third kappa shape index (κ3) is 8.80. The van der Waals surface area contributed by atoms with E-state index in [1.165, 1.54) is 0 Å². The summed E-state index contributed by atoms with van der Waals surface area (Å²) in [6, 6.07) is 42.3. The van der Waals surface area contributed by atoms with Crippen molar-refractivity contribution in [3.63, 3.8) is 0 Å². The zero-order valence-electron chi connectivity index (χ0n) is 45.5. The van der Waals surface area contributed by atoms with Crippen LogP contribution in [0.2, 0.25) is 0 Å². The number of nitrogens with zero attached hydrogens (tertiary/aromatic N) is 3. The average molecular weight is 863 g/mol. The highest BCUT2D eigenvalue weighted by Crippen LogP contribution is 2.46. The number of aromatic hydroxyl groups is 1. The van der Waals surface area contributed by atoms with Crippen molar-refractivity contribution in [3.05, 3.63) is 167 Å². The number of aromatic nitrogens is 3. The predicted octanol–water partition coefficient (Wildman–Crippen LogP) is 16.9. The monoisotopic (exact) mass is 863 g/mol. The first-order valence-corrected chi connectivity index (χ1v) is 22.8. The van der Waals surface area contributed by atoms with Gasteiger partial charge in [0.2, 0.25) is 0 Å². The molecule has 2 heterocycles. The summed E-state index contributed by atoms with van der Waals surface area (Å²) >= 11 is 0. The Morgan fingerprint density at radius 1 is 0.569 bits per heavy atom. The van der Waals surface area contributed by atoms with Gasteiger partial charge in [-0.1, -0.05) is 169 Å². The second kappa shape index (κ2) is 16.9. The quantitative estimate of drug-likeness (QED) is 0.166. The van der Waals surface area contributed by atoms with Crippen LogP contribution in [0, 0.1) is 6.85 Å². The van der Waals surface area contributed by atoms with Crippen LogP contribution in [0.4, 0.5) is 0 Å². The number of hydrogen-bond donors (Lipinski definition) is 1. The smallest absolute Gasteiger partial charge is 0.149 e. The van der Waals surface area contributed by atoms with Gasteiger partial charge in [0, 0.05) is 29.7 Å². The summed E-state index contributed by atoms with van der Waals surface area (Å²) in [6.07, 6.45) is 1.86. The molecule has 0 fully saturated rings. The zero-order chi connectivity index (χ0) is 51.1. The van der Waals surface area contributed by atoms with Crippen LogP contribution in [0.15, 0.2) is 134 Å². The third-order valence-corrected chi connectivity index (χ3v) is 12.7. The Hall–Kier alpha value is -6.26. The molecule has 0 aliphatic carbocycles. The van der Waals surface area contributed by atoms with Crippen LogP contribution in [0.5, 0.6) is 5.75 Å². The van der Waals surface area contributed by atoms with E-state index in [4.69, 9.17) is 9.97 Å². The van der Waals surface area contributed by atoms with Gasteiger partial charge in [0.05, 0.1) is 28.0 Å². The van der Waals surface area contributed by atoms with Gasteiger partial charge in [0.25, 0.3) is 0 Å². The van der Waals surface area contributed by atoms with Gasteiger partial charge in [-0.3, -0.25) is 9.55 Å². The number of fused-ring (bicyclic) bond motifs is 1. The first-order chi connectivity index (χ1) is 32.4. The zero-order valence-corrected chi connectivity index (χ0v) is 40.5. The van der Waals surface area contributed by atoms with Crippen LogP contribution in [0.3, 0.4) is 0 Å². The number of pyridine rings is 1. The molecule has 8 aromatic rings. The van der Waals surface area contributed by atoms with E-state index in [2.05, 4.69) is 111 Å². The van der Waals surface area contributed by atoms with Crippen molar-refractivity contribution < 1.29 is 12.0 Å².